The summed E-state index contributed by atoms with van der Waals surface area (Å²) < 4.78 is 5.29. The molecular weight excluding hydrogens is 214 g/mol. The maximum absolute atomic E-state index is 10.4. The summed E-state index contributed by atoms with van der Waals surface area (Å²) in [6, 6.07) is 5.85. The molecule has 1 aromatic carbocycles. The van der Waals surface area contributed by atoms with E-state index in [1.54, 1.807) is 7.11 Å². The van der Waals surface area contributed by atoms with Crippen molar-refractivity contribution in [3.05, 3.63) is 29.3 Å². The van der Waals surface area contributed by atoms with Crippen molar-refractivity contribution < 1.29 is 9.84 Å². The van der Waals surface area contributed by atoms with Crippen LogP contribution in [0.5, 0.6) is 5.75 Å². The second-order valence-electron chi connectivity index (χ2n) is 4.47. The van der Waals surface area contributed by atoms with E-state index in [9.17, 15) is 5.11 Å². The van der Waals surface area contributed by atoms with E-state index in [1.165, 1.54) is 0 Å². The van der Waals surface area contributed by atoms with Gasteiger partial charge in [-0.25, -0.2) is 0 Å². The summed E-state index contributed by atoms with van der Waals surface area (Å²) in [4.78, 5) is 0. The van der Waals surface area contributed by atoms with Crippen molar-refractivity contribution in [2.24, 2.45) is 11.7 Å². The predicted molar refractivity (Wildman–Crippen MR) is 70.1 cm³/mol. The summed E-state index contributed by atoms with van der Waals surface area (Å²) in [7, 11) is 1.62. The highest BCUT2D eigenvalue weighted by Gasteiger charge is 2.22. The average molecular weight is 237 g/mol. The lowest BCUT2D eigenvalue weighted by Crippen LogP contribution is -2.22. The van der Waals surface area contributed by atoms with Gasteiger partial charge in [0.2, 0.25) is 0 Å². The van der Waals surface area contributed by atoms with Crippen molar-refractivity contribution >= 4 is 0 Å². The van der Waals surface area contributed by atoms with Gasteiger partial charge in [-0.2, -0.15) is 0 Å². The van der Waals surface area contributed by atoms with E-state index in [0.717, 1.165) is 29.7 Å². The van der Waals surface area contributed by atoms with Gasteiger partial charge in [-0.15, -0.1) is 0 Å². The molecule has 0 fully saturated rings. The molecule has 0 heterocycles. The molecule has 0 aromatic heterocycles. The molecule has 3 N–H and O–H groups in total. The van der Waals surface area contributed by atoms with Gasteiger partial charge in [0.25, 0.3) is 0 Å². The second-order valence-corrected chi connectivity index (χ2v) is 4.47. The Labute approximate surface area is 104 Å². The van der Waals surface area contributed by atoms with Gasteiger partial charge in [0.05, 0.1) is 13.2 Å². The number of benzene rings is 1. The highest BCUT2D eigenvalue weighted by Crippen LogP contribution is 2.32. The van der Waals surface area contributed by atoms with Gasteiger partial charge in [-0.3, -0.25) is 0 Å². The molecule has 3 nitrogen and oxygen atoms in total. The summed E-state index contributed by atoms with van der Waals surface area (Å²) in [6.45, 7) is 4.60. The number of aryl methyl sites for hydroxylation is 1. The first-order valence-electron chi connectivity index (χ1n) is 6.16. The van der Waals surface area contributed by atoms with Gasteiger partial charge in [0.1, 0.15) is 5.75 Å². The summed E-state index contributed by atoms with van der Waals surface area (Å²) in [5, 5.41) is 10.4. The van der Waals surface area contributed by atoms with Crippen molar-refractivity contribution in [2.45, 2.75) is 32.8 Å². The van der Waals surface area contributed by atoms with Crippen LogP contribution < -0.4 is 10.5 Å². The van der Waals surface area contributed by atoms with E-state index in [4.69, 9.17) is 10.5 Å². The zero-order valence-corrected chi connectivity index (χ0v) is 10.9. The zero-order chi connectivity index (χ0) is 12.8. The Kier molecular flexibility index (Phi) is 5.45. The monoisotopic (exact) mass is 237 g/mol. The molecule has 0 aliphatic rings. The van der Waals surface area contributed by atoms with Crippen LogP contribution >= 0.6 is 0 Å². The lowest BCUT2D eigenvalue weighted by atomic mass is 9.90. The molecule has 17 heavy (non-hydrogen) atoms. The summed E-state index contributed by atoms with van der Waals surface area (Å²) in [5.74, 6) is 0.827. The van der Waals surface area contributed by atoms with Gasteiger partial charge < -0.3 is 15.6 Å². The quantitative estimate of drug-likeness (QED) is 0.799. The van der Waals surface area contributed by atoms with E-state index in [-0.39, 0.29) is 5.92 Å². The number of nitrogens with two attached hydrogens (primary N) is 1. The second kappa shape index (κ2) is 6.62. The van der Waals surface area contributed by atoms with Gasteiger partial charge in [0.15, 0.2) is 0 Å². The normalized spacial score (nSPS) is 14.4. The third-order valence-electron chi connectivity index (χ3n) is 3.11. The Morgan fingerprint density at radius 2 is 2.12 bits per heavy atom. The zero-order valence-electron chi connectivity index (χ0n) is 10.9. The van der Waals surface area contributed by atoms with E-state index < -0.39 is 6.10 Å². The molecule has 0 saturated carbocycles. The molecule has 2 atom stereocenters. The predicted octanol–water partition coefficient (Wildman–Crippen LogP) is 2.41. The highest BCUT2D eigenvalue weighted by molar-refractivity contribution is 5.38. The Morgan fingerprint density at radius 3 is 2.65 bits per heavy atom. The lowest BCUT2D eigenvalue weighted by molar-refractivity contribution is 0.104. The number of methoxy groups -OCH3 is 1. The number of rotatable bonds is 6. The minimum atomic E-state index is -0.546. The SMILES string of the molecule is CCCC(CN)C(O)c1cc(C)ccc1OC. The van der Waals surface area contributed by atoms with Gasteiger partial charge in [-0.1, -0.05) is 25.0 Å². The minimum absolute atomic E-state index is 0.0932. The van der Waals surface area contributed by atoms with E-state index >= 15 is 0 Å². The fourth-order valence-electron chi connectivity index (χ4n) is 2.11. The van der Waals surface area contributed by atoms with Crippen molar-refractivity contribution in [1.29, 1.82) is 0 Å². The molecule has 3 heteroatoms. The van der Waals surface area contributed by atoms with Crippen LogP contribution in [0.1, 0.15) is 37.0 Å². The summed E-state index contributed by atoms with van der Waals surface area (Å²) >= 11 is 0. The van der Waals surface area contributed by atoms with Gasteiger partial charge >= 0.3 is 0 Å². The van der Waals surface area contributed by atoms with Gasteiger partial charge in [-0.05, 0) is 32.0 Å². The average Bonchev–Trinajstić information content (AvgIpc) is 2.35. The molecule has 0 aliphatic heterocycles. The minimum Gasteiger partial charge on any atom is -0.496 e. The molecule has 0 spiro atoms. The standard InChI is InChI=1S/C14H23NO2/c1-4-5-11(9-15)14(16)12-8-10(2)6-7-13(12)17-3/h6-8,11,14,16H,4-5,9,15H2,1-3H3. The molecule has 2 unspecified atom stereocenters. The summed E-state index contributed by atoms with van der Waals surface area (Å²) in [6.07, 6.45) is 1.40. The molecule has 0 radical (unpaired) electrons. The first-order valence-corrected chi connectivity index (χ1v) is 6.16. The van der Waals surface area contributed by atoms with Crippen molar-refractivity contribution in [3.8, 4) is 5.75 Å². The fourth-order valence-corrected chi connectivity index (χ4v) is 2.11. The maximum atomic E-state index is 10.4. The smallest absolute Gasteiger partial charge is 0.124 e. The van der Waals surface area contributed by atoms with Crippen LogP contribution in [-0.4, -0.2) is 18.8 Å². The van der Waals surface area contributed by atoms with E-state index in [0.29, 0.717) is 6.54 Å². The number of ether oxygens (including phenoxy) is 1. The van der Waals surface area contributed by atoms with Crippen molar-refractivity contribution in [3.63, 3.8) is 0 Å². The van der Waals surface area contributed by atoms with Crippen LogP contribution in [-0.2, 0) is 0 Å². The molecule has 1 rings (SSSR count). The first-order chi connectivity index (χ1) is 8.13. The Hall–Kier alpha value is -1.06. The lowest BCUT2D eigenvalue weighted by Gasteiger charge is -2.23. The molecule has 0 saturated heterocycles. The highest BCUT2D eigenvalue weighted by atomic mass is 16.5. The van der Waals surface area contributed by atoms with Crippen molar-refractivity contribution in [1.82, 2.24) is 0 Å². The molecule has 0 aliphatic carbocycles. The molecule has 96 valence electrons. The van der Waals surface area contributed by atoms with Crippen LogP contribution in [0.15, 0.2) is 18.2 Å². The fraction of sp³-hybridized carbons (Fsp3) is 0.571. The van der Waals surface area contributed by atoms with Gasteiger partial charge in [0, 0.05) is 11.5 Å². The molecule has 1 aromatic rings. The summed E-state index contributed by atoms with van der Waals surface area (Å²) in [5.41, 5.74) is 7.69. The van der Waals surface area contributed by atoms with Crippen LogP contribution in [0.2, 0.25) is 0 Å². The van der Waals surface area contributed by atoms with Crippen LogP contribution in [0.25, 0.3) is 0 Å². The Bertz CT molecular complexity index is 352. The largest absolute Gasteiger partial charge is 0.496 e. The third-order valence-corrected chi connectivity index (χ3v) is 3.11. The number of aliphatic hydroxyl groups excluding tert-OH is 1. The van der Waals surface area contributed by atoms with E-state index in [2.05, 4.69) is 6.92 Å². The number of hydrogen-bond acceptors (Lipinski definition) is 3. The Morgan fingerprint density at radius 1 is 1.41 bits per heavy atom. The van der Waals surface area contributed by atoms with Crippen LogP contribution in [0.3, 0.4) is 0 Å². The van der Waals surface area contributed by atoms with E-state index in [1.807, 2.05) is 25.1 Å². The maximum Gasteiger partial charge on any atom is 0.124 e. The topological polar surface area (TPSA) is 55.5 Å². The number of hydrogen-bond donors (Lipinski definition) is 2. The molecular formula is C14H23NO2. The van der Waals surface area contributed by atoms with Crippen LogP contribution in [0, 0.1) is 12.8 Å². The Balaban J connectivity index is 2.99. The number of aliphatic hydroxyl groups is 1. The molecule has 0 bridgehead atoms. The van der Waals surface area contributed by atoms with Crippen molar-refractivity contribution in [2.75, 3.05) is 13.7 Å². The third kappa shape index (κ3) is 3.45. The first kappa shape index (κ1) is 14.0. The van der Waals surface area contributed by atoms with Crippen LogP contribution in [0.4, 0.5) is 0 Å². The molecule has 0 amide bonds.